The highest BCUT2D eigenvalue weighted by Gasteiger charge is 2.05. The van der Waals surface area contributed by atoms with Crippen molar-refractivity contribution in [3.63, 3.8) is 0 Å². The third kappa shape index (κ3) is 4.43. The van der Waals surface area contributed by atoms with Gasteiger partial charge < -0.3 is 4.74 Å². The zero-order valence-electron chi connectivity index (χ0n) is 5.69. The molecule has 0 aliphatic heterocycles. The van der Waals surface area contributed by atoms with Gasteiger partial charge in [0.1, 0.15) is 6.10 Å². The monoisotopic (exact) mass is 150 g/mol. The summed E-state index contributed by atoms with van der Waals surface area (Å²) in [4.78, 5) is 10.5. The van der Waals surface area contributed by atoms with Crippen molar-refractivity contribution in [2.75, 3.05) is 12.5 Å². The summed E-state index contributed by atoms with van der Waals surface area (Å²) in [6, 6.07) is 0. The molecular weight excluding hydrogens is 140 g/mol. The zero-order chi connectivity index (χ0) is 7.28. The topological polar surface area (TPSA) is 26.3 Å². The number of carbonyl (C=O) groups excluding carboxylic acids is 1. The maximum absolute atomic E-state index is 10.5. The van der Waals surface area contributed by atoms with Crippen LogP contribution in [0, 0.1) is 0 Å². The summed E-state index contributed by atoms with van der Waals surface area (Å²) < 4.78 is 4.97. The summed E-state index contributed by atoms with van der Waals surface area (Å²) in [6.07, 6.45) is -0.302. The first kappa shape index (κ1) is 8.92. The van der Waals surface area contributed by atoms with Gasteiger partial charge in [-0.25, -0.2) is 0 Å². The molecule has 0 aromatic rings. The molecule has 0 aromatic heterocycles. The van der Waals surface area contributed by atoms with Crippen LogP contribution in [0.2, 0.25) is 0 Å². The van der Waals surface area contributed by atoms with E-state index in [9.17, 15) is 4.79 Å². The lowest BCUT2D eigenvalue weighted by Gasteiger charge is -2.06. The highest BCUT2D eigenvalue weighted by Crippen LogP contribution is 1.91. The number of rotatable bonds is 4. The molecule has 1 unspecified atom stereocenters. The molecule has 0 saturated carbocycles. The average molecular weight is 151 g/mol. The Morgan fingerprint density at radius 2 is 2.33 bits per heavy atom. The van der Waals surface area contributed by atoms with E-state index in [4.69, 9.17) is 16.3 Å². The van der Waals surface area contributed by atoms with Gasteiger partial charge >= 0.3 is 0 Å². The fourth-order valence-corrected chi connectivity index (χ4v) is 0.428. The predicted molar refractivity (Wildman–Crippen MR) is 36.8 cm³/mol. The zero-order valence-corrected chi connectivity index (χ0v) is 6.44. The van der Waals surface area contributed by atoms with Gasteiger partial charge in [0, 0.05) is 5.88 Å². The summed E-state index contributed by atoms with van der Waals surface area (Å²) in [5.41, 5.74) is 0. The lowest BCUT2D eigenvalue weighted by Crippen LogP contribution is -2.18. The molecule has 0 aliphatic carbocycles. The minimum Gasteiger partial charge on any atom is -0.370 e. The maximum Gasteiger partial charge on any atom is 0.158 e. The molecule has 54 valence electrons. The molecule has 0 aliphatic rings. The molecule has 0 saturated heterocycles. The number of hydrogen-bond donors (Lipinski definition) is 0. The second-order valence-corrected chi connectivity index (χ2v) is 2.19. The Labute approximate surface area is 60.1 Å². The van der Waals surface area contributed by atoms with Crippen LogP contribution in [0.25, 0.3) is 0 Å². The van der Waals surface area contributed by atoms with E-state index in [0.717, 1.165) is 0 Å². The van der Waals surface area contributed by atoms with Crippen LogP contribution in [0.5, 0.6) is 0 Å². The quantitative estimate of drug-likeness (QED) is 0.564. The number of halogens is 1. The third-order valence-corrected chi connectivity index (χ3v) is 1.17. The van der Waals surface area contributed by atoms with Gasteiger partial charge in [0.2, 0.25) is 0 Å². The Kier molecular flexibility index (Phi) is 4.72. The van der Waals surface area contributed by atoms with E-state index in [-0.39, 0.29) is 11.9 Å². The predicted octanol–water partition coefficient (Wildman–Crippen LogP) is 1.22. The first-order valence-electron chi connectivity index (χ1n) is 2.86. The van der Waals surface area contributed by atoms with Crippen LogP contribution >= 0.6 is 11.6 Å². The van der Waals surface area contributed by atoms with Crippen molar-refractivity contribution in [1.29, 1.82) is 0 Å². The van der Waals surface area contributed by atoms with Crippen molar-refractivity contribution in [3.8, 4) is 0 Å². The largest absolute Gasteiger partial charge is 0.370 e. The van der Waals surface area contributed by atoms with Crippen LogP contribution in [0.15, 0.2) is 0 Å². The van der Waals surface area contributed by atoms with Gasteiger partial charge in [-0.15, -0.1) is 11.6 Å². The SMILES string of the molecule is CC(=O)C(C)OCCCl. The standard InChI is InChI=1S/C6H11ClO2/c1-5(8)6(2)9-4-3-7/h6H,3-4H2,1-2H3. The Bertz CT molecular complexity index is 93.1. The summed E-state index contributed by atoms with van der Waals surface area (Å²) in [7, 11) is 0. The molecule has 0 radical (unpaired) electrons. The fraction of sp³-hybridized carbons (Fsp3) is 0.833. The molecule has 1 atom stereocenters. The second-order valence-electron chi connectivity index (χ2n) is 1.81. The molecule has 0 spiro atoms. The molecule has 0 fully saturated rings. The Hall–Kier alpha value is -0.0800. The van der Waals surface area contributed by atoms with Gasteiger partial charge in [0.15, 0.2) is 5.78 Å². The van der Waals surface area contributed by atoms with Gasteiger partial charge in [0.25, 0.3) is 0 Å². The number of ketones is 1. The van der Waals surface area contributed by atoms with E-state index >= 15 is 0 Å². The van der Waals surface area contributed by atoms with E-state index in [2.05, 4.69) is 0 Å². The number of ether oxygens (including phenoxy) is 1. The first-order chi connectivity index (χ1) is 4.18. The van der Waals surface area contributed by atoms with Crippen molar-refractivity contribution < 1.29 is 9.53 Å². The molecule has 3 heteroatoms. The summed E-state index contributed by atoms with van der Waals surface area (Å²) in [6.45, 7) is 3.66. The van der Waals surface area contributed by atoms with Crippen molar-refractivity contribution in [2.45, 2.75) is 20.0 Å². The Balaban J connectivity index is 3.27. The molecule has 9 heavy (non-hydrogen) atoms. The van der Waals surface area contributed by atoms with Crippen LogP contribution in [-0.4, -0.2) is 24.4 Å². The number of alkyl halides is 1. The van der Waals surface area contributed by atoms with Gasteiger partial charge in [-0.05, 0) is 13.8 Å². The van der Waals surface area contributed by atoms with Crippen LogP contribution in [0.1, 0.15) is 13.8 Å². The van der Waals surface area contributed by atoms with Gasteiger partial charge in [-0.3, -0.25) is 4.79 Å². The van der Waals surface area contributed by atoms with Crippen LogP contribution in [0.3, 0.4) is 0 Å². The molecule has 0 rings (SSSR count). The van der Waals surface area contributed by atoms with Crippen molar-refractivity contribution in [3.05, 3.63) is 0 Å². The summed E-state index contributed by atoms with van der Waals surface area (Å²) in [5, 5.41) is 0. The molecule has 0 bridgehead atoms. The fourth-order valence-electron chi connectivity index (χ4n) is 0.339. The van der Waals surface area contributed by atoms with Gasteiger partial charge in [-0.2, -0.15) is 0 Å². The number of hydrogen-bond acceptors (Lipinski definition) is 2. The second kappa shape index (κ2) is 4.77. The molecule has 0 N–H and O–H groups in total. The Morgan fingerprint density at radius 1 is 1.78 bits per heavy atom. The minimum absolute atomic E-state index is 0.0418. The van der Waals surface area contributed by atoms with Crippen LogP contribution in [-0.2, 0) is 9.53 Å². The smallest absolute Gasteiger partial charge is 0.158 e. The van der Waals surface area contributed by atoms with Crippen LogP contribution < -0.4 is 0 Å². The molecular formula is C6H11ClO2. The molecule has 0 heterocycles. The van der Waals surface area contributed by atoms with E-state index in [1.165, 1.54) is 6.92 Å². The van der Waals surface area contributed by atoms with E-state index < -0.39 is 0 Å². The summed E-state index contributed by atoms with van der Waals surface area (Å²) in [5.74, 6) is 0.484. The highest BCUT2D eigenvalue weighted by atomic mass is 35.5. The van der Waals surface area contributed by atoms with E-state index in [1.807, 2.05) is 0 Å². The normalized spacial score (nSPS) is 13.2. The Morgan fingerprint density at radius 3 is 2.67 bits per heavy atom. The molecule has 0 amide bonds. The average Bonchev–Trinajstić information content (AvgIpc) is 1.82. The van der Waals surface area contributed by atoms with Gasteiger partial charge in [-0.1, -0.05) is 0 Å². The third-order valence-electron chi connectivity index (χ3n) is 1.02. The first-order valence-corrected chi connectivity index (χ1v) is 3.40. The van der Waals surface area contributed by atoms with Crippen molar-refractivity contribution >= 4 is 17.4 Å². The maximum atomic E-state index is 10.5. The lowest BCUT2D eigenvalue weighted by molar-refractivity contribution is -0.126. The summed E-state index contributed by atoms with van der Waals surface area (Å²) >= 11 is 5.31. The molecule has 0 aromatic carbocycles. The van der Waals surface area contributed by atoms with E-state index in [1.54, 1.807) is 6.92 Å². The molecule has 2 nitrogen and oxygen atoms in total. The highest BCUT2D eigenvalue weighted by molar-refractivity contribution is 6.17. The van der Waals surface area contributed by atoms with Crippen molar-refractivity contribution in [2.24, 2.45) is 0 Å². The van der Waals surface area contributed by atoms with Crippen LogP contribution in [0.4, 0.5) is 0 Å². The number of carbonyl (C=O) groups is 1. The van der Waals surface area contributed by atoms with Crippen molar-refractivity contribution in [1.82, 2.24) is 0 Å². The lowest BCUT2D eigenvalue weighted by atomic mass is 10.3. The number of Topliss-reactive ketones (excluding diaryl/α,β-unsaturated/α-hetero) is 1. The minimum atomic E-state index is -0.302. The van der Waals surface area contributed by atoms with Gasteiger partial charge in [0.05, 0.1) is 6.61 Å². The van der Waals surface area contributed by atoms with E-state index in [0.29, 0.717) is 12.5 Å².